The summed E-state index contributed by atoms with van der Waals surface area (Å²) in [5, 5.41) is 6.10. The molecule has 0 bridgehead atoms. The average Bonchev–Trinajstić information content (AvgIpc) is 2.37. The highest BCUT2D eigenvalue weighted by molar-refractivity contribution is 14.0. The molecule has 0 spiro atoms. The number of rotatable bonds is 2. The lowest BCUT2D eigenvalue weighted by Gasteiger charge is -2.33. The number of nitrogens with zero attached hydrogens (tertiary/aromatic N) is 1. The Balaban J connectivity index is 0.00000180. The third kappa shape index (κ3) is 5.00. The molecule has 112 valence electrons. The number of hydrogen-bond donors (Lipinski definition) is 2. The van der Waals surface area contributed by atoms with E-state index in [1.165, 1.54) is 0 Å². The molecule has 0 aromatic rings. The van der Waals surface area contributed by atoms with Gasteiger partial charge in [-0.15, -0.1) is 24.0 Å². The summed E-state index contributed by atoms with van der Waals surface area (Å²) >= 11 is 0. The molecule has 1 fully saturated rings. The zero-order chi connectivity index (χ0) is 13.0. The van der Waals surface area contributed by atoms with Gasteiger partial charge in [0.15, 0.2) is 5.96 Å². The van der Waals surface area contributed by atoms with E-state index in [-0.39, 0.29) is 36.3 Å². The molecule has 1 aliphatic heterocycles. The molecule has 19 heavy (non-hydrogen) atoms. The van der Waals surface area contributed by atoms with Crippen LogP contribution in [0, 0.1) is 11.8 Å². The molecule has 1 heterocycles. The van der Waals surface area contributed by atoms with Crippen LogP contribution in [-0.2, 0) is 0 Å². The number of halogens is 4. The third-order valence-corrected chi connectivity index (χ3v) is 3.76. The lowest BCUT2D eigenvalue weighted by atomic mass is 9.79. The minimum Gasteiger partial charge on any atom is -0.356 e. The first kappa shape index (κ1) is 16.8. The SMILES string of the molecule is FC(F)(F)[C@@H]1CCCC[C@@H]1CNC1=NCCCN1.I. The fraction of sp³-hybridized carbons (Fsp3) is 0.917. The van der Waals surface area contributed by atoms with Crippen LogP contribution in [0.2, 0.25) is 0 Å². The van der Waals surface area contributed by atoms with Crippen molar-refractivity contribution in [3.63, 3.8) is 0 Å². The van der Waals surface area contributed by atoms with Crippen LogP contribution in [0.1, 0.15) is 32.1 Å². The van der Waals surface area contributed by atoms with Crippen LogP contribution in [0.4, 0.5) is 13.2 Å². The highest BCUT2D eigenvalue weighted by Crippen LogP contribution is 2.41. The highest BCUT2D eigenvalue weighted by Gasteiger charge is 2.45. The summed E-state index contributed by atoms with van der Waals surface area (Å²) in [4.78, 5) is 4.21. The first-order valence-corrected chi connectivity index (χ1v) is 6.66. The second-order valence-corrected chi connectivity index (χ2v) is 5.08. The van der Waals surface area contributed by atoms with Crippen LogP contribution in [0.3, 0.4) is 0 Å². The van der Waals surface area contributed by atoms with Crippen LogP contribution >= 0.6 is 24.0 Å². The van der Waals surface area contributed by atoms with Gasteiger partial charge in [0.05, 0.1) is 5.92 Å². The maximum Gasteiger partial charge on any atom is 0.392 e. The monoisotopic (exact) mass is 391 g/mol. The van der Waals surface area contributed by atoms with Crippen molar-refractivity contribution in [2.24, 2.45) is 16.8 Å². The van der Waals surface area contributed by atoms with E-state index >= 15 is 0 Å². The van der Waals surface area contributed by atoms with Crippen molar-refractivity contribution >= 4 is 29.9 Å². The molecule has 0 unspecified atom stereocenters. The Morgan fingerprint density at radius 3 is 2.58 bits per heavy atom. The van der Waals surface area contributed by atoms with E-state index < -0.39 is 12.1 Å². The Hall–Kier alpha value is -0.210. The topological polar surface area (TPSA) is 36.4 Å². The largest absolute Gasteiger partial charge is 0.392 e. The van der Waals surface area contributed by atoms with Crippen molar-refractivity contribution in [3.8, 4) is 0 Å². The van der Waals surface area contributed by atoms with Gasteiger partial charge in [-0.25, -0.2) is 0 Å². The zero-order valence-corrected chi connectivity index (χ0v) is 13.1. The van der Waals surface area contributed by atoms with E-state index in [0.29, 0.717) is 25.3 Å². The van der Waals surface area contributed by atoms with E-state index in [4.69, 9.17) is 0 Å². The quantitative estimate of drug-likeness (QED) is 0.711. The van der Waals surface area contributed by atoms with Gasteiger partial charge in [-0.1, -0.05) is 12.8 Å². The van der Waals surface area contributed by atoms with E-state index in [2.05, 4.69) is 15.6 Å². The fourth-order valence-electron chi connectivity index (χ4n) is 2.76. The summed E-state index contributed by atoms with van der Waals surface area (Å²) in [5.74, 6) is -0.805. The third-order valence-electron chi connectivity index (χ3n) is 3.76. The average molecular weight is 391 g/mol. The molecule has 2 rings (SSSR count). The summed E-state index contributed by atoms with van der Waals surface area (Å²) in [6, 6.07) is 0. The maximum atomic E-state index is 12.9. The van der Waals surface area contributed by atoms with Crippen molar-refractivity contribution in [2.45, 2.75) is 38.3 Å². The highest BCUT2D eigenvalue weighted by atomic mass is 127. The van der Waals surface area contributed by atoms with Gasteiger partial charge in [0, 0.05) is 19.6 Å². The fourth-order valence-corrected chi connectivity index (χ4v) is 2.76. The predicted octanol–water partition coefficient (Wildman–Crippen LogP) is 2.91. The van der Waals surface area contributed by atoms with E-state index in [1.54, 1.807) is 0 Å². The molecule has 0 aromatic heterocycles. The molecule has 0 amide bonds. The zero-order valence-electron chi connectivity index (χ0n) is 10.8. The standard InChI is InChI=1S/C12H20F3N3.HI/c13-12(14,15)10-5-2-1-4-9(10)8-18-11-16-6-3-7-17-11;/h9-10H,1-8H2,(H2,16,17,18);1H/t9-,10-;/m1./s1. The van der Waals surface area contributed by atoms with Crippen molar-refractivity contribution in [3.05, 3.63) is 0 Å². The minimum atomic E-state index is -4.06. The second kappa shape index (κ2) is 7.54. The Labute approximate surface area is 128 Å². The summed E-state index contributed by atoms with van der Waals surface area (Å²) in [5.41, 5.74) is 0. The van der Waals surface area contributed by atoms with Crippen molar-refractivity contribution in [1.82, 2.24) is 10.6 Å². The predicted molar refractivity (Wildman–Crippen MR) is 79.8 cm³/mol. The molecule has 1 aliphatic carbocycles. The molecule has 3 nitrogen and oxygen atoms in total. The van der Waals surface area contributed by atoms with Gasteiger partial charge in [-0.3, -0.25) is 4.99 Å². The van der Waals surface area contributed by atoms with E-state index in [0.717, 1.165) is 25.9 Å². The summed E-state index contributed by atoms with van der Waals surface area (Å²) in [6.07, 6.45) is -0.548. The van der Waals surface area contributed by atoms with Gasteiger partial charge in [-0.2, -0.15) is 13.2 Å². The van der Waals surface area contributed by atoms with Crippen molar-refractivity contribution in [2.75, 3.05) is 19.6 Å². The summed E-state index contributed by atoms with van der Waals surface area (Å²) < 4.78 is 38.6. The lowest BCUT2D eigenvalue weighted by molar-refractivity contribution is -0.195. The molecule has 0 saturated heterocycles. The number of hydrogen-bond acceptors (Lipinski definition) is 3. The summed E-state index contributed by atoms with van der Waals surface area (Å²) in [7, 11) is 0. The van der Waals surface area contributed by atoms with E-state index in [1.807, 2.05) is 0 Å². The molecular formula is C12H21F3IN3. The molecule has 0 aromatic carbocycles. The van der Waals surface area contributed by atoms with Gasteiger partial charge >= 0.3 is 6.18 Å². The van der Waals surface area contributed by atoms with Gasteiger partial charge in [0.1, 0.15) is 0 Å². The molecule has 0 radical (unpaired) electrons. The smallest absolute Gasteiger partial charge is 0.356 e. The molecule has 2 aliphatic rings. The van der Waals surface area contributed by atoms with Gasteiger partial charge < -0.3 is 10.6 Å². The Bertz CT molecular complexity index is 307. The van der Waals surface area contributed by atoms with Gasteiger partial charge in [0.2, 0.25) is 0 Å². The van der Waals surface area contributed by atoms with Crippen molar-refractivity contribution < 1.29 is 13.2 Å². The summed E-state index contributed by atoms with van der Waals surface area (Å²) in [6.45, 7) is 1.97. The van der Waals surface area contributed by atoms with Crippen LogP contribution < -0.4 is 10.6 Å². The number of guanidine groups is 1. The lowest BCUT2D eigenvalue weighted by Crippen LogP contribution is -2.45. The Morgan fingerprint density at radius 1 is 1.21 bits per heavy atom. The Kier molecular flexibility index (Phi) is 6.68. The van der Waals surface area contributed by atoms with Gasteiger partial charge in [0.25, 0.3) is 0 Å². The van der Waals surface area contributed by atoms with E-state index in [9.17, 15) is 13.2 Å². The van der Waals surface area contributed by atoms with Crippen LogP contribution in [0.5, 0.6) is 0 Å². The molecule has 1 saturated carbocycles. The van der Waals surface area contributed by atoms with Crippen LogP contribution in [-0.4, -0.2) is 31.8 Å². The first-order valence-electron chi connectivity index (χ1n) is 6.66. The Morgan fingerprint density at radius 2 is 1.95 bits per heavy atom. The van der Waals surface area contributed by atoms with Crippen LogP contribution in [0.15, 0.2) is 4.99 Å². The normalized spacial score (nSPS) is 27.8. The second-order valence-electron chi connectivity index (χ2n) is 5.08. The molecule has 2 atom stereocenters. The van der Waals surface area contributed by atoms with Gasteiger partial charge in [-0.05, 0) is 25.2 Å². The molecule has 7 heteroatoms. The number of aliphatic imine (C=N–C) groups is 1. The number of alkyl halides is 3. The minimum absolute atomic E-state index is 0. The van der Waals surface area contributed by atoms with Crippen LogP contribution in [0.25, 0.3) is 0 Å². The molecule has 2 N–H and O–H groups in total. The maximum absolute atomic E-state index is 12.9. The molecular weight excluding hydrogens is 370 g/mol. The van der Waals surface area contributed by atoms with Crippen molar-refractivity contribution in [1.29, 1.82) is 0 Å². The first-order chi connectivity index (χ1) is 8.57. The number of nitrogens with one attached hydrogen (secondary N) is 2.